The van der Waals surface area contributed by atoms with Crippen molar-refractivity contribution in [1.82, 2.24) is 15.6 Å². The van der Waals surface area contributed by atoms with Gasteiger partial charge in [-0.1, -0.05) is 6.92 Å². The van der Waals surface area contributed by atoms with Gasteiger partial charge in [-0.25, -0.2) is 4.98 Å². The highest BCUT2D eigenvalue weighted by Crippen LogP contribution is 2.06. The lowest BCUT2D eigenvalue weighted by atomic mass is 10.2. The van der Waals surface area contributed by atoms with Crippen LogP contribution in [0.5, 0.6) is 0 Å². The maximum Gasteiger partial charge on any atom is 0.273 e. The van der Waals surface area contributed by atoms with Gasteiger partial charge in [-0.05, 0) is 14.0 Å². The summed E-state index contributed by atoms with van der Waals surface area (Å²) < 4.78 is 5.08. The summed E-state index contributed by atoms with van der Waals surface area (Å²) in [6.07, 6.45) is 1.97. The Bertz CT molecular complexity index is 322. The van der Waals surface area contributed by atoms with Crippen LogP contribution in [0.15, 0.2) is 10.8 Å². The number of nitrogens with zero attached hydrogens (tertiary/aromatic N) is 1. The number of hydrogen-bond donors (Lipinski definition) is 2. The second kappa shape index (κ2) is 5.50. The molecule has 1 aromatic heterocycles. The van der Waals surface area contributed by atoms with Gasteiger partial charge in [0.1, 0.15) is 5.76 Å². The van der Waals surface area contributed by atoms with E-state index >= 15 is 0 Å². The van der Waals surface area contributed by atoms with Crippen LogP contribution in [0.2, 0.25) is 0 Å². The molecule has 0 bridgehead atoms. The first-order valence-electron chi connectivity index (χ1n) is 5.06. The molecule has 0 aliphatic rings. The van der Waals surface area contributed by atoms with Gasteiger partial charge in [-0.2, -0.15) is 0 Å². The van der Waals surface area contributed by atoms with Gasteiger partial charge in [0.25, 0.3) is 5.91 Å². The standard InChI is InChI=1S/C10H17N3O2/c1-4-8-9(13-6-15-8)10(14)12-5-7(2)11-3/h6-7,11H,4-5H2,1-3H3,(H,12,14). The van der Waals surface area contributed by atoms with Crippen LogP contribution >= 0.6 is 0 Å². The van der Waals surface area contributed by atoms with E-state index in [4.69, 9.17) is 4.42 Å². The number of rotatable bonds is 5. The summed E-state index contributed by atoms with van der Waals surface area (Å²) in [5.74, 6) is 0.451. The third-order valence-corrected chi connectivity index (χ3v) is 2.24. The highest BCUT2D eigenvalue weighted by Gasteiger charge is 2.15. The van der Waals surface area contributed by atoms with Crippen LogP contribution in [0.25, 0.3) is 0 Å². The molecule has 0 spiro atoms. The molecule has 1 amide bonds. The lowest BCUT2D eigenvalue weighted by Gasteiger charge is -2.10. The minimum absolute atomic E-state index is 0.178. The molecule has 0 aliphatic carbocycles. The summed E-state index contributed by atoms with van der Waals surface area (Å²) in [4.78, 5) is 15.5. The predicted molar refractivity (Wildman–Crippen MR) is 56.7 cm³/mol. The number of oxazole rings is 1. The zero-order valence-electron chi connectivity index (χ0n) is 9.33. The number of aromatic nitrogens is 1. The number of nitrogens with one attached hydrogen (secondary N) is 2. The van der Waals surface area contributed by atoms with Crippen molar-refractivity contribution in [2.75, 3.05) is 13.6 Å². The molecule has 1 rings (SSSR count). The zero-order chi connectivity index (χ0) is 11.3. The highest BCUT2D eigenvalue weighted by molar-refractivity contribution is 5.93. The molecule has 2 N–H and O–H groups in total. The molecule has 0 radical (unpaired) electrons. The van der Waals surface area contributed by atoms with E-state index in [0.717, 1.165) is 0 Å². The van der Waals surface area contributed by atoms with Crippen molar-refractivity contribution >= 4 is 5.91 Å². The molecule has 0 aromatic carbocycles. The Morgan fingerprint density at radius 1 is 1.67 bits per heavy atom. The quantitative estimate of drug-likeness (QED) is 0.747. The molecule has 1 unspecified atom stereocenters. The third-order valence-electron chi connectivity index (χ3n) is 2.24. The van der Waals surface area contributed by atoms with Crippen molar-refractivity contribution in [3.05, 3.63) is 17.8 Å². The molecular formula is C10H17N3O2. The van der Waals surface area contributed by atoms with E-state index in [-0.39, 0.29) is 11.9 Å². The summed E-state index contributed by atoms with van der Waals surface area (Å²) in [5, 5.41) is 5.82. The average Bonchev–Trinajstić information content (AvgIpc) is 2.73. The molecule has 5 nitrogen and oxygen atoms in total. The van der Waals surface area contributed by atoms with E-state index in [1.807, 2.05) is 20.9 Å². The first-order valence-corrected chi connectivity index (χ1v) is 5.06. The van der Waals surface area contributed by atoms with Crippen molar-refractivity contribution in [3.8, 4) is 0 Å². The topological polar surface area (TPSA) is 67.2 Å². The highest BCUT2D eigenvalue weighted by atomic mass is 16.3. The van der Waals surface area contributed by atoms with E-state index in [1.54, 1.807) is 0 Å². The van der Waals surface area contributed by atoms with E-state index < -0.39 is 0 Å². The first kappa shape index (κ1) is 11.7. The van der Waals surface area contributed by atoms with Gasteiger partial charge < -0.3 is 15.1 Å². The van der Waals surface area contributed by atoms with Crippen molar-refractivity contribution in [2.45, 2.75) is 26.3 Å². The van der Waals surface area contributed by atoms with Crippen molar-refractivity contribution in [2.24, 2.45) is 0 Å². The van der Waals surface area contributed by atoms with E-state index in [2.05, 4.69) is 15.6 Å². The first-order chi connectivity index (χ1) is 7.19. The fraction of sp³-hybridized carbons (Fsp3) is 0.600. The number of hydrogen-bond acceptors (Lipinski definition) is 4. The van der Waals surface area contributed by atoms with Crippen LogP contribution in [-0.4, -0.2) is 30.5 Å². The van der Waals surface area contributed by atoms with Crippen molar-refractivity contribution in [3.63, 3.8) is 0 Å². The maximum absolute atomic E-state index is 11.6. The van der Waals surface area contributed by atoms with Crippen LogP contribution in [0.3, 0.4) is 0 Å². The normalized spacial score (nSPS) is 12.5. The summed E-state index contributed by atoms with van der Waals surface area (Å²) >= 11 is 0. The lowest BCUT2D eigenvalue weighted by molar-refractivity contribution is 0.0944. The Morgan fingerprint density at radius 3 is 3.00 bits per heavy atom. The Kier molecular flexibility index (Phi) is 4.30. The minimum atomic E-state index is -0.178. The maximum atomic E-state index is 11.6. The molecule has 15 heavy (non-hydrogen) atoms. The summed E-state index contributed by atoms with van der Waals surface area (Å²) in [6, 6.07) is 0.242. The second-order valence-corrected chi connectivity index (χ2v) is 3.38. The van der Waals surface area contributed by atoms with Crippen LogP contribution in [0.4, 0.5) is 0 Å². The van der Waals surface area contributed by atoms with E-state index in [0.29, 0.717) is 24.4 Å². The molecule has 1 atom stereocenters. The molecular weight excluding hydrogens is 194 g/mol. The van der Waals surface area contributed by atoms with Crippen LogP contribution in [0.1, 0.15) is 30.1 Å². The van der Waals surface area contributed by atoms with Gasteiger partial charge in [0.15, 0.2) is 12.1 Å². The molecule has 5 heteroatoms. The van der Waals surface area contributed by atoms with Gasteiger partial charge in [-0.3, -0.25) is 4.79 Å². The monoisotopic (exact) mass is 211 g/mol. The Morgan fingerprint density at radius 2 is 2.40 bits per heavy atom. The van der Waals surface area contributed by atoms with Gasteiger partial charge >= 0.3 is 0 Å². The Hall–Kier alpha value is -1.36. The molecule has 0 aliphatic heterocycles. The fourth-order valence-electron chi connectivity index (χ4n) is 1.14. The number of carbonyl (C=O) groups is 1. The van der Waals surface area contributed by atoms with Crippen LogP contribution in [0, 0.1) is 0 Å². The minimum Gasteiger partial charge on any atom is -0.448 e. The molecule has 0 saturated carbocycles. The number of likely N-dealkylation sites (N-methyl/N-ethyl adjacent to an activating group) is 1. The molecule has 1 aromatic rings. The van der Waals surface area contributed by atoms with Crippen LogP contribution in [-0.2, 0) is 6.42 Å². The summed E-state index contributed by atoms with van der Waals surface area (Å²) in [7, 11) is 1.85. The van der Waals surface area contributed by atoms with Crippen LogP contribution < -0.4 is 10.6 Å². The average molecular weight is 211 g/mol. The van der Waals surface area contributed by atoms with E-state index in [1.165, 1.54) is 6.39 Å². The van der Waals surface area contributed by atoms with Gasteiger partial charge in [0.2, 0.25) is 0 Å². The fourth-order valence-corrected chi connectivity index (χ4v) is 1.14. The molecule has 84 valence electrons. The predicted octanol–water partition coefficient (Wildman–Crippen LogP) is 0.575. The van der Waals surface area contributed by atoms with E-state index in [9.17, 15) is 4.79 Å². The van der Waals surface area contributed by atoms with Gasteiger partial charge in [0.05, 0.1) is 0 Å². The Labute approximate surface area is 89.3 Å². The van der Waals surface area contributed by atoms with Crippen molar-refractivity contribution < 1.29 is 9.21 Å². The largest absolute Gasteiger partial charge is 0.448 e. The SMILES string of the molecule is CCc1ocnc1C(=O)NCC(C)NC. The van der Waals surface area contributed by atoms with Crippen molar-refractivity contribution in [1.29, 1.82) is 0 Å². The Balaban J connectivity index is 2.54. The zero-order valence-corrected chi connectivity index (χ0v) is 9.33. The summed E-state index contributed by atoms with van der Waals surface area (Å²) in [6.45, 7) is 4.49. The molecule has 0 saturated heterocycles. The van der Waals surface area contributed by atoms with Gasteiger partial charge in [0, 0.05) is 19.0 Å². The smallest absolute Gasteiger partial charge is 0.273 e. The number of carbonyl (C=O) groups excluding carboxylic acids is 1. The molecule has 0 fully saturated rings. The van der Waals surface area contributed by atoms with Gasteiger partial charge in [-0.15, -0.1) is 0 Å². The third kappa shape index (κ3) is 3.06. The lowest BCUT2D eigenvalue weighted by Crippen LogP contribution is -2.37. The number of aryl methyl sites for hydroxylation is 1. The second-order valence-electron chi connectivity index (χ2n) is 3.38. The summed E-state index contributed by atoms with van der Waals surface area (Å²) in [5.41, 5.74) is 0.390. The molecule has 1 heterocycles. The number of amides is 1.